The zero-order valence-corrected chi connectivity index (χ0v) is 8.86. The van der Waals surface area contributed by atoms with E-state index in [2.05, 4.69) is 6.92 Å². The third kappa shape index (κ3) is 5.66. The van der Waals surface area contributed by atoms with E-state index in [1.165, 1.54) is 0 Å². The van der Waals surface area contributed by atoms with Gasteiger partial charge in [0.2, 0.25) is 0 Å². The van der Waals surface area contributed by atoms with Crippen LogP contribution in [0, 0.1) is 6.92 Å². The van der Waals surface area contributed by atoms with Gasteiger partial charge in [-0.25, -0.2) is 9.59 Å². The Morgan fingerprint density at radius 1 is 1.33 bits per heavy atom. The number of aliphatic carboxylic acids is 1. The Morgan fingerprint density at radius 2 is 1.80 bits per heavy atom. The van der Waals surface area contributed by atoms with E-state index in [1.54, 1.807) is 20.8 Å². The van der Waals surface area contributed by atoms with E-state index in [0.717, 1.165) is 0 Å². The van der Waals surface area contributed by atoms with Crippen molar-refractivity contribution in [3.05, 3.63) is 6.92 Å². The quantitative estimate of drug-likeness (QED) is 0.665. The van der Waals surface area contributed by atoms with Crippen molar-refractivity contribution in [1.82, 2.24) is 5.32 Å². The van der Waals surface area contributed by atoms with Crippen LogP contribution in [0.2, 0.25) is 0 Å². The fourth-order valence-corrected chi connectivity index (χ4v) is 0.664. The molecule has 0 aromatic heterocycles. The first kappa shape index (κ1) is 13.4. The number of carbonyl (C=O) groups is 3. The summed E-state index contributed by atoms with van der Waals surface area (Å²) in [4.78, 5) is 32.1. The Balaban J connectivity index is 4.20. The van der Waals surface area contributed by atoms with Crippen molar-refractivity contribution >= 4 is 17.8 Å². The molecule has 1 atom stereocenters. The van der Waals surface area contributed by atoms with Crippen molar-refractivity contribution in [2.75, 3.05) is 0 Å². The highest BCUT2D eigenvalue weighted by molar-refractivity contribution is 6.35. The summed E-state index contributed by atoms with van der Waals surface area (Å²) in [6, 6.07) is -1.35. The van der Waals surface area contributed by atoms with Crippen LogP contribution in [-0.2, 0) is 14.3 Å². The van der Waals surface area contributed by atoms with E-state index >= 15 is 0 Å². The summed E-state index contributed by atoms with van der Waals surface area (Å²) in [5.74, 6) is -2.84. The number of ketones is 1. The summed E-state index contributed by atoms with van der Waals surface area (Å²) in [6.45, 7) is 8.11. The highest BCUT2D eigenvalue weighted by Gasteiger charge is 2.24. The summed E-state index contributed by atoms with van der Waals surface area (Å²) in [6.07, 6.45) is -0.878. The number of alkyl carbamates (subject to hydrolysis) is 1. The second-order valence-corrected chi connectivity index (χ2v) is 3.87. The monoisotopic (exact) mass is 216 g/mol. The largest absolute Gasteiger partial charge is 0.475 e. The average molecular weight is 216 g/mol. The molecule has 0 aromatic carbocycles. The molecule has 0 aliphatic carbocycles. The number of carboxylic acids is 1. The fraction of sp³-hybridized carbons (Fsp3) is 0.556. The molecule has 0 heterocycles. The summed E-state index contributed by atoms with van der Waals surface area (Å²) < 4.78 is 4.80. The number of rotatable bonds is 3. The normalized spacial score (nSPS) is 12.8. The first-order chi connectivity index (χ1) is 6.63. The van der Waals surface area contributed by atoms with Gasteiger partial charge in [0.1, 0.15) is 11.6 Å². The Morgan fingerprint density at radius 3 is 2.13 bits per heavy atom. The summed E-state index contributed by atoms with van der Waals surface area (Å²) in [5.41, 5.74) is -0.712. The van der Waals surface area contributed by atoms with Crippen molar-refractivity contribution in [2.45, 2.75) is 32.4 Å². The lowest BCUT2D eigenvalue weighted by Crippen LogP contribution is -2.44. The zero-order chi connectivity index (χ0) is 12.2. The van der Waals surface area contributed by atoms with Gasteiger partial charge in [-0.2, -0.15) is 0 Å². The lowest BCUT2D eigenvalue weighted by molar-refractivity contribution is -0.149. The van der Waals surface area contributed by atoms with Crippen molar-refractivity contribution in [3.63, 3.8) is 0 Å². The number of amides is 1. The molecule has 2 N–H and O–H groups in total. The number of nitrogens with one attached hydrogen (secondary N) is 1. The van der Waals surface area contributed by atoms with Gasteiger partial charge in [0.25, 0.3) is 5.78 Å². The maximum Gasteiger partial charge on any atom is 0.408 e. The third-order valence-corrected chi connectivity index (χ3v) is 1.22. The van der Waals surface area contributed by atoms with E-state index in [4.69, 9.17) is 9.84 Å². The van der Waals surface area contributed by atoms with Crippen LogP contribution in [0.3, 0.4) is 0 Å². The van der Waals surface area contributed by atoms with Gasteiger partial charge in [-0.1, -0.05) is 0 Å². The molecule has 1 amide bonds. The molecule has 0 fully saturated rings. The van der Waals surface area contributed by atoms with Crippen LogP contribution in [0.25, 0.3) is 0 Å². The summed E-state index contributed by atoms with van der Waals surface area (Å²) >= 11 is 0. The first-order valence-electron chi connectivity index (χ1n) is 4.23. The third-order valence-electron chi connectivity index (χ3n) is 1.22. The van der Waals surface area contributed by atoms with Gasteiger partial charge in [-0.15, -0.1) is 0 Å². The number of Topliss-reactive ketones (excluding diaryl/α,β-unsaturated/α-hetero) is 1. The lowest BCUT2D eigenvalue weighted by atomic mass is 10.2. The minimum atomic E-state index is -1.65. The second kappa shape index (κ2) is 4.77. The van der Waals surface area contributed by atoms with Crippen LogP contribution in [0.5, 0.6) is 0 Å². The number of ether oxygens (including phenoxy) is 1. The standard InChI is InChI=1S/C9H14NO5/c1-5(6(11)7(12)13)10-8(14)15-9(2,3)4/h5H,1H2,2-4H3,(H,10,14)(H,12,13). The topological polar surface area (TPSA) is 92.7 Å². The number of hydrogen-bond donors (Lipinski definition) is 2. The summed E-state index contributed by atoms with van der Waals surface area (Å²) in [7, 11) is 0. The molecule has 0 rings (SSSR count). The number of hydrogen-bond acceptors (Lipinski definition) is 4. The van der Waals surface area contributed by atoms with Gasteiger partial charge in [0.05, 0.1) is 0 Å². The molecule has 0 saturated heterocycles. The van der Waals surface area contributed by atoms with Crippen molar-refractivity contribution < 1.29 is 24.2 Å². The van der Waals surface area contributed by atoms with Crippen molar-refractivity contribution in [3.8, 4) is 0 Å². The Kier molecular flexibility index (Phi) is 4.26. The van der Waals surface area contributed by atoms with Gasteiger partial charge in [0, 0.05) is 0 Å². The number of carbonyl (C=O) groups excluding carboxylic acids is 2. The molecule has 0 bridgehead atoms. The highest BCUT2D eigenvalue weighted by Crippen LogP contribution is 2.06. The molecule has 15 heavy (non-hydrogen) atoms. The van der Waals surface area contributed by atoms with Gasteiger partial charge >= 0.3 is 12.1 Å². The predicted molar refractivity (Wildman–Crippen MR) is 51.2 cm³/mol. The van der Waals surface area contributed by atoms with E-state index < -0.39 is 29.5 Å². The van der Waals surface area contributed by atoms with E-state index in [1.807, 2.05) is 5.32 Å². The minimum Gasteiger partial charge on any atom is -0.475 e. The molecule has 0 aliphatic rings. The first-order valence-corrected chi connectivity index (χ1v) is 4.23. The molecular weight excluding hydrogens is 202 g/mol. The maximum absolute atomic E-state index is 11.1. The molecule has 1 unspecified atom stereocenters. The predicted octanol–water partition coefficient (Wildman–Crippen LogP) is 0.367. The minimum absolute atomic E-state index is 0.712. The van der Waals surface area contributed by atoms with E-state index in [9.17, 15) is 14.4 Å². The van der Waals surface area contributed by atoms with Crippen LogP contribution in [0.15, 0.2) is 0 Å². The maximum atomic E-state index is 11.1. The van der Waals surface area contributed by atoms with Gasteiger partial charge < -0.3 is 15.2 Å². The van der Waals surface area contributed by atoms with Gasteiger partial charge in [-0.3, -0.25) is 4.79 Å². The average Bonchev–Trinajstić information content (AvgIpc) is 1.98. The second-order valence-electron chi connectivity index (χ2n) is 3.87. The molecule has 1 radical (unpaired) electrons. The summed E-state index contributed by atoms with van der Waals surface area (Å²) in [5, 5.41) is 10.3. The molecule has 6 heteroatoms. The fourth-order valence-electron chi connectivity index (χ4n) is 0.664. The Bertz CT molecular complexity index is 279. The van der Waals surface area contributed by atoms with Crippen LogP contribution in [0.4, 0.5) is 4.79 Å². The van der Waals surface area contributed by atoms with Crippen molar-refractivity contribution in [1.29, 1.82) is 0 Å². The van der Waals surface area contributed by atoms with Crippen molar-refractivity contribution in [2.24, 2.45) is 0 Å². The molecule has 0 aromatic rings. The van der Waals surface area contributed by atoms with E-state index in [-0.39, 0.29) is 0 Å². The lowest BCUT2D eigenvalue weighted by Gasteiger charge is -2.20. The molecular formula is C9H14NO5. The van der Waals surface area contributed by atoms with Crippen LogP contribution in [0.1, 0.15) is 20.8 Å². The molecule has 0 saturated carbocycles. The smallest absolute Gasteiger partial charge is 0.408 e. The van der Waals surface area contributed by atoms with Crippen LogP contribution < -0.4 is 5.32 Å². The van der Waals surface area contributed by atoms with Gasteiger partial charge in [-0.05, 0) is 27.7 Å². The molecule has 0 spiro atoms. The zero-order valence-electron chi connectivity index (χ0n) is 8.86. The Labute approximate surface area is 87.6 Å². The van der Waals surface area contributed by atoms with Crippen LogP contribution >= 0.6 is 0 Å². The number of carboxylic acid groups (broad SMARTS) is 1. The Hall–Kier alpha value is -1.59. The SMILES string of the molecule is [CH2]C(NC(=O)OC(C)(C)C)C(=O)C(=O)O. The molecule has 6 nitrogen and oxygen atoms in total. The molecule has 0 aliphatic heterocycles. The van der Waals surface area contributed by atoms with Gasteiger partial charge in [0.15, 0.2) is 0 Å². The van der Waals surface area contributed by atoms with E-state index in [0.29, 0.717) is 0 Å². The van der Waals surface area contributed by atoms with Crippen LogP contribution in [-0.4, -0.2) is 34.6 Å². The highest BCUT2D eigenvalue weighted by atomic mass is 16.6. The molecule has 85 valence electrons.